The number of benzene rings is 2. The van der Waals surface area contributed by atoms with Crippen LogP contribution in [0, 0.1) is 5.92 Å². The smallest absolute Gasteiger partial charge is 0.224 e. The Morgan fingerprint density at radius 1 is 1.11 bits per heavy atom. The number of carbonyl (C=O) groups is 2. The largest absolute Gasteiger partial charge is 0.357 e. The van der Waals surface area contributed by atoms with Gasteiger partial charge in [-0.15, -0.1) is 0 Å². The van der Waals surface area contributed by atoms with Gasteiger partial charge in [-0.25, -0.2) is 0 Å². The SMILES string of the molecule is CC(=O)N1c2ccccc2NC2=CCCC(=O)[C@H]2[C@@H]1c1c(Cl)cccc1Cl. The highest BCUT2D eigenvalue weighted by Gasteiger charge is 2.44. The first-order valence-electron chi connectivity index (χ1n) is 8.81. The fourth-order valence-electron chi connectivity index (χ4n) is 4.00. The molecule has 0 spiro atoms. The lowest BCUT2D eigenvalue weighted by Crippen LogP contribution is -2.41. The van der Waals surface area contributed by atoms with Crippen LogP contribution in [0.5, 0.6) is 0 Å². The van der Waals surface area contributed by atoms with E-state index in [0.717, 1.165) is 11.4 Å². The van der Waals surface area contributed by atoms with Gasteiger partial charge in [0.05, 0.1) is 23.3 Å². The second-order valence-corrected chi connectivity index (χ2v) is 7.57. The number of allylic oxidation sites excluding steroid dienone is 1. The van der Waals surface area contributed by atoms with Gasteiger partial charge in [0, 0.05) is 34.7 Å². The second kappa shape index (κ2) is 7.02. The van der Waals surface area contributed by atoms with Gasteiger partial charge >= 0.3 is 0 Å². The summed E-state index contributed by atoms with van der Waals surface area (Å²) in [4.78, 5) is 27.4. The zero-order valence-electron chi connectivity index (χ0n) is 14.7. The molecule has 0 saturated heterocycles. The molecule has 27 heavy (non-hydrogen) atoms. The first-order valence-corrected chi connectivity index (χ1v) is 9.57. The Kier molecular flexibility index (Phi) is 4.70. The third-order valence-electron chi connectivity index (χ3n) is 5.11. The zero-order valence-corrected chi connectivity index (χ0v) is 16.2. The summed E-state index contributed by atoms with van der Waals surface area (Å²) in [6, 6.07) is 12.2. The van der Waals surface area contributed by atoms with Crippen LogP contribution in [-0.2, 0) is 9.59 Å². The summed E-state index contributed by atoms with van der Waals surface area (Å²) in [5, 5.41) is 4.26. The molecule has 0 fully saturated rings. The maximum atomic E-state index is 13.0. The van der Waals surface area contributed by atoms with Gasteiger partial charge in [-0.05, 0) is 30.7 Å². The van der Waals surface area contributed by atoms with Gasteiger partial charge in [0.2, 0.25) is 5.91 Å². The summed E-state index contributed by atoms with van der Waals surface area (Å²) in [6.45, 7) is 1.50. The van der Waals surface area contributed by atoms with Crippen molar-refractivity contribution in [2.75, 3.05) is 10.2 Å². The molecule has 1 amide bonds. The Balaban J connectivity index is 2.04. The van der Waals surface area contributed by atoms with Crippen molar-refractivity contribution in [3.8, 4) is 0 Å². The second-order valence-electron chi connectivity index (χ2n) is 6.75. The highest BCUT2D eigenvalue weighted by atomic mass is 35.5. The van der Waals surface area contributed by atoms with Crippen molar-refractivity contribution in [3.63, 3.8) is 0 Å². The van der Waals surface area contributed by atoms with Crippen molar-refractivity contribution >= 4 is 46.3 Å². The van der Waals surface area contributed by atoms with Crippen molar-refractivity contribution in [1.29, 1.82) is 0 Å². The first-order chi connectivity index (χ1) is 13.0. The van der Waals surface area contributed by atoms with Crippen LogP contribution in [-0.4, -0.2) is 11.7 Å². The molecule has 1 N–H and O–H groups in total. The minimum absolute atomic E-state index is 0.0695. The Morgan fingerprint density at radius 2 is 1.81 bits per heavy atom. The van der Waals surface area contributed by atoms with E-state index in [2.05, 4.69) is 5.32 Å². The van der Waals surface area contributed by atoms with Gasteiger partial charge in [-0.2, -0.15) is 0 Å². The third kappa shape index (κ3) is 3.03. The number of Topliss-reactive ketones (excluding diaryl/α,β-unsaturated/α-hetero) is 1. The Hall–Kier alpha value is -2.30. The fraction of sp³-hybridized carbons (Fsp3) is 0.238. The molecular formula is C21H18Cl2N2O2. The van der Waals surface area contributed by atoms with Crippen LogP contribution >= 0.6 is 23.2 Å². The number of nitrogens with one attached hydrogen (secondary N) is 1. The molecule has 2 aromatic rings. The average Bonchev–Trinajstić information content (AvgIpc) is 2.76. The molecule has 1 aliphatic carbocycles. The zero-order chi connectivity index (χ0) is 19.1. The maximum Gasteiger partial charge on any atom is 0.224 e. The minimum Gasteiger partial charge on any atom is -0.357 e. The molecule has 2 aliphatic rings. The van der Waals surface area contributed by atoms with E-state index in [9.17, 15) is 9.59 Å². The standard InChI is InChI=1S/C21H18Cl2N2O2/c1-12(26)25-17-10-3-2-8-15(17)24-16-9-5-11-18(27)20(16)21(25)19-13(22)6-4-7-14(19)23/h2-4,6-10,20-21,24H,5,11H2,1H3/t20-,21-/m0/s1. The van der Waals surface area contributed by atoms with Gasteiger partial charge in [0.15, 0.2) is 0 Å². The van der Waals surface area contributed by atoms with Crippen molar-refractivity contribution in [3.05, 3.63) is 69.8 Å². The van der Waals surface area contributed by atoms with Crippen LogP contribution < -0.4 is 10.2 Å². The molecule has 0 bridgehead atoms. The quantitative estimate of drug-likeness (QED) is 0.699. The van der Waals surface area contributed by atoms with E-state index >= 15 is 0 Å². The monoisotopic (exact) mass is 400 g/mol. The summed E-state index contributed by atoms with van der Waals surface area (Å²) >= 11 is 13.0. The molecule has 2 aromatic carbocycles. The number of anilines is 2. The van der Waals surface area contributed by atoms with Gasteiger partial charge in [-0.1, -0.05) is 47.5 Å². The summed E-state index contributed by atoms with van der Waals surface area (Å²) in [5.74, 6) is -0.655. The molecule has 0 aromatic heterocycles. The van der Waals surface area contributed by atoms with Gasteiger partial charge in [0.1, 0.15) is 5.78 Å². The van der Waals surface area contributed by atoms with Crippen molar-refractivity contribution in [2.24, 2.45) is 5.92 Å². The topological polar surface area (TPSA) is 49.4 Å². The number of para-hydroxylation sites is 2. The van der Waals surface area contributed by atoms with Crippen molar-refractivity contribution < 1.29 is 9.59 Å². The molecule has 4 nitrogen and oxygen atoms in total. The van der Waals surface area contributed by atoms with Crippen LogP contribution in [0.15, 0.2) is 54.2 Å². The Morgan fingerprint density at radius 3 is 2.52 bits per heavy atom. The number of hydrogen-bond acceptors (Lipinski definition) is 3. The predicted octanol–water partition coefficient (Wildman–Crippen LogP) is 5.38. The molecule has 138 valence electrons. The number of amides is 1. The van der Waals surface area contributed by atoms with E-state index in [-0.39, 0.29) is 11.7 Å². The molecule has 0 unspecified atom stereocenters. The number of ketones is 1. The number of halogens is 2. The molecule has 4 rings (SSSR count). The minimum atomic E-state index is -0.612. The van der Waals surface area contributed by atoms with E-state index < -0.39 is 12.0 Å². The molecule has 1 aliphatic heterocycles. The Bertz CT molecular complexity index is 950. The summed E-state index contributed by atoms with van der Waals surface area (Å²) < 4.78 is 0. The van der Waals surface area contributed by atoms with Crippen molar-refractivity contribution in [1.82, 2.24) is 0 Å². The van der Waals surface area contributed by atoms with E-state index in [1.165, 1.54) is 6.92 Å². The van der Waals surface area contributed by atoms with E-state index in [0.29, 0.717) is 34.1 Å². The van der Waals surface area contributed by atoms with Crippen molar-refractivity contribution in [2.45, 2.75) is 25.8 Å². The van der Waals surface area contributed by atoms with E-state index in [1.54, 1.807) is 23.1 Å². The molecule has 2 atom stereocenters. The number of fused-ring (bicyclic) bond motifs is 2. The summed E-state index contributed by atoms with van der Waals surface area (Å²) in [5.41, 5.74) is 2.88. The number of rotatable bonds is 1. The highest BCUT2D eigenvalue weighted by Crippen LogP contribution is 2.48. The summed E-state index contributed by atoms with van der Waals surface area (Å²) in [7, 11) is 0. The highest BCUT2D eigenvalue weighted by molar-refractivity contribution is 6.36. The van der Waals surface area contributed by atoms with E-state index in [1.807, 2.05) is 30.3 Å². The van der Waals surface area contributed by atoms with Gasteiger partial charge in [-0.3, -0.25) is 9.59 Å². The normalized spacial score (nSPS) is 21.5. The van der Waals surface area contributed by atoms with Crippen LogP contribution in [0.2, 0.25) is 10.0 Å². The van der Waals surface area contributed by atoms with Crippen LogP contribution in [0.4, 0.5) is 11.4 Å². The number of nitrogens with zero attached hydrogens (tertiary/aromatic N) is 1. The lowest BCUT2D eigenvalue weighted by molar-refractivity contribution is -0.123. The van der Waals surface area contributed by atoms with Gasteiger partial charge < -0.3 is 10.2 Å². The molecule has 0 saturated carbocycles. The van der Waals surface area contributed by atoms with Crippen LogP contribution in [0.3, 0.4) is 0 Å². The summed E-state index contributed by atoms with van der Waals surface area (Å²) in [6.07, 6.45) is 3.13. The molecular weight excluding hydrogens is 383 g/mol. The lowest BCUT2D eigenvalue weighted by Gasteiger charge is -2.36. The fourth-order valence-corrected chi connectivity index (χ4v) is 4.62. The predicted molar refractivity (Wildman–Crippen MR) is 108 cm³/mol. The molecule has 0 radical (unpaired) electrons. The third-order valence-corrected chi connectivity index (χ3v) is 5.77. The van der Waals surface area contributed by atoms with Crippen LogP contribution in [0.25, 0.3) is 0 Å². The lowest BCUT2D eigenvalue weighted by atomic mass is 9.81. The number of carbonyl (C=O) groups excluding carboxylic acids is 2. The Labute approximate surface area is 167 Å². The molecule has 6 heteroatoms. The van der Waals surface area contributed by atoms with Crippen LogP contribution in [0.1, 0.15) is 31.4 Å². The average molecular weight is 401 g/mol. The number of hydrogen-bond donors (Lipinski definition) is 1. The first kappa shape index (κ1) is 18.1. The maximum absolute atomic E-state index is 13.0. The molecule has 1 heterocycles. The van der Waals surface area contributed by atoms with Gasteiger partial charge in [0.25, 0.3) is 0 Å². The van der Waals surface area contributed by atoms with E-state index in [4.69, 9.17) is 23.2 Å².